The zero-order chi connectivity index (χ0) is 19.4. The number of hydrogen-bond acceptors (Lipinski definition) is 6. The van der Waals surface area contributed by atoms with Gasteiger partial charge in [0, 0.05) is 32.3 Å². The van der Waals surface area contributed by atoms with Gasteiger partial charge in [0.25, 0.3) is 0 Å². The van der Waals surface area contributed by atoms with Crippen LogP contribution in [0.25, 0.3) is 5.57 Å². The number of fused-ring (bicyclic) bond motifs is 4. The van der Waals surface area contributed by atoms with Crippen LogP contribution >= 0.6 is 0 Å². The fraction of sp³-hybridized carbons (Fsp3) is 0.227. The Balaban J connectivity index is 1.73. The average molecular weight is 372 g/mol. The van der Waals surface area contributed by atoms with Crippen LogP contribution < -0.4 is 9.64 Å². The van der Waals surface area contributed by atoms with E-state index in [-0.39, 0.29) is 5.78 Å². The van der Waals surface area contributed by atoms with Gasteiger partial charge in [0.2, 0.25) is 5.96 Å². The van der Waals surface area contributed by atoms with Gasteiger partial charge in [-0.05, 0) is 17.7 Å². The van der Waals surface area contributed by atoms with E-state index in [2.05, 4.69) is 4.90 Å². The predicted molar refractivity (Wildman–Crippen MR) is 111 cm³/mol. The Morgan fingerprint density at radius 1 is 1.07 bits per heavy atom. The van der Waals surface area contributed by atoms with E-state index in [0.29, 0.717) is 29.4 Å². The van der Waals surface area contributed by atoms with E-state index in [1.807, 2.05) is 68.5 Å². The first-order valence-electron chi connectivity index (χ1n) is 9.26. The highest BCUT2D eigenvalue weighted by atomic mass is 16.5. The van der Waals surface area contributed by atoms with E-state index in [4.69, 9.17) is 14.7 Å². The summed E-state index contributed by atoms with van der Waals surface area (Å²) in [5, 5.41) is 0. The van der Waals surface area contributed by atoms with Crippen LogP contribution in [0.1, 0.15) is 21.5 Å². The Labute approximate surface area is 163 Å². The van der Waals surface area contributed by atoms with Crippen molar-refractivity contribution in [3.05, 3.63) is 64.9 Å². The number of benzene rings is 2. The molecular formula is C22H20N4O2. The van der Waals surface area contributed by atoms with Gasteiger partial charge < -0.3 is 14.5 Å². The molecule has 5 rings (SSSR count). The molecule has 0 saturated heterocycles. The third kappa shape index (κ3) is 2.37. The lowest BCUT2D eigenvalue weighted by Gasteiger charge is -2.28. The zero-order valence-electron chi connectivity index (χ0n) is 16.1. The lowest BCUT2D eigenvalue weighted by atomic mass is 9.84. The number of carbonyl (C=O) groups excluding carboxylic acids is 1. The van der Waals surface area contributed by atoms with Gasteiger partial charge in [0.05, 0.1) is 17.8 Å². The number of hydrogen-bond donors (Lipinski definition) is 0. The number of carbonyl (C=O) groups is 1. The molecule has 0 bridgehead atoms. The summed E-state index contributed by atoms with van der Waals surface area (Å²) in [6, 6.07) is 13.5. The number of guanidine groups is 1. The van der Waals surface area contributed by atoms with Crippen molar-refractivity contribution in [1.82, 2.24) is 4.90 Å². The van der Waals surface area contributed by atoms with Crippen LogP contribution in [0.2, 0.25) is 0 Å². The summed E-state index contributed by atoms with van der Waals surface area (Å²) in [6.45, 7) is 1.48. The summed E-state index contributed by atoms with van der Waals surface area (Å²) in [7, 11) is 5.84. The summed E-state index contributed by atoms with van der Waals surface area (Å²) in [5.41, 5.74) is 5.30. The number of ketones is 1. The van der Waals surface area contributed by atoms with Gasteiger partial charge in [-0.1, -0.05) is 30.3 Å². The average Bonchev–Trinajstić information content (AvgIpc) is 3.14. The number of aliphatic imine (C=N–C) groups is 2. The number of ether oxygens (including phenoxy) is 1. The highest BCUT2D eigenvalue weighted by Crippen LogP contribution is 2.39. The number of allylic oxidation sites excluding steroid dienone is 2. The molecule has 2 heterocycles. The van der Waals surface area contributed by atoms with Crippen LogP contribution in [-0.4, -0.2) is 56.6 Å². The fourth-order valence-corrected chi connectivity index (χ4v) is 3.80. The number of likely N-dealkylation sites (N-methyl/N-ethyl adjacent to an activating group) is 1. The highest BCUT2D eigenvalue weighted by Gasteiger charge is 2.35. The second-order valence-corrected chi connectivity index (χ2v) is 7.32. The molecule has 6 heteroatoms. The maximum absolute atomic E-state index is 13.4. The van der Waals surface area contributed by atoms with Crippen LogP contribution in [0.5, 0.6) is 5.75 Å². The SMILES string of the molecule is CN(C)C1=NC2=C(c3ccc4c(c3)OCCN4C)C(=O)c3ccccc3C2=N1. The van der Waals surface area contributed by atoms with Crippen LogP contribution in [0, 0.1) is 0 Å². The van der Waals surface area contributed by atoms with Gasteiger partial charge in [-0.3, -0.25) is 4.79 Å². The molecular weight excluding hydrogens is 352 g/mol. The van der Waals surface area contributed by atoms with Crippen LogP contribution in [0.3, 0.4) is 0 Å². The number of nitrogens with zero attached hydrogens (tertiary/aromatic N) is 4. The molecule has 0 saturated carbocycles. The number of anilines is 1. The molecule has 0 amide bonds. The number of Topliss-reactive ketones (excluding diaryl/α,β-unsaturated/α-hetero) is 1. The van der Waals surface area contributed by atoms with Crippen molar-refractivity contribution in [2.75, 3.05) is 39.2 Å². The predicted octanol–water partition coefficient (Wildman–Crippen LogP) is 2.84. The molecule has 0 N–H and O–H groups in total. The van der Waals surface area contributed by atoms with Crippen LogP contribution in [-0.2, 0) is 0 Å². The summed E-state index contributed by atoms with van der Waals surface area (Å²) in [5.74, 6) is 1.36. The van der Waals surface area contributed by atoms with E-state index in [1.165, 1.54) is 0 Å². The normalized spacial score (nSPS) is 17.4. The quantitative estimate of drug-likeness (QED) is 0.772. The molecule has 140 valence electrons. The number of rotatable bonds is 1. The third-order valence-electron chi connectivity index (χ3n) is 5.28. The monoisotopic (exact) mass is 372 g/mol. The van der Waals surface area contributed by atoms with Crippen molar-refractivity contribution in [2.24, 2.45) is 9.98 Å². The van der Waals surface area contributed by atoms with Crippen molar-refractivity contribution >= 4 is 28.7 Å². The van der Waals surface area contributed by atoms with Gasteiger partial charge in [-0.25, -0.2) is 9.98 Å². The van der Waals surface area contributed by atoms with Crippen LogP contribution in [0.4, 0.5) is 5.69 Å². The fourth-order valence-electron chi connectivity index (χ4n) is 3.80. The summed E-state index contributed by atoms with van der Waals surface area (Å²) >= 11 is 0. The molecule has 0 unspecified atom stereocenters. The van der Waals surface area contributed by atoms with Crippen molar-refractivity contribution in [2.45, 2.75) is 0 Å². The molecule has 0 fully saturated rings. The summed E-state index contributed by atoms with van der Waals surface area (Å²) < 4.78 is 5.85. The van der Waals surface area contributed by atoms with Crippen LogP contribution in [0.15, 0.2) is 58.1 Å². The van der Waals surface area contributed by atoms with E-state index in [1.54, 1.807) is 0 Å². The minimum absolute atomic E-state index is 0.0302. The van der Waals surface area contributed by atoms with Gasteiger partial charge in [-0.2, -0.15) is 0 Å². The summed E-state index contributed by atoms with van der Waals surface area (Å²) in [4.78, 5) is 26.8. The smallest absolute Gasteiger partial charge is 0.226 e. The lowest BCUT2D eigenvalue weighted by molar-refractivity contribution is 0.105. The van der Waals surface area contributed by atoms with E-state index < -0.39 is 0 Å². The first-order chi connectivity index (χ1) is 13.5. The summed E-state index contributed by atoms with van der Waals surface area (Å²) in [6.07, 6.45) is 0. The second kappa shape index (κ2) is 6.05. The van der Waals surface area contributed by atoms with Crippen molar-refractivity contribution in [3.63, 3.8) is 0 Å². The molecule has 1 aliphatic carbocycles. The highest BCUT2D eigenvalue weighted by molar-refractivity contribution is 6.43. The van der Waals surface area contributed by atoms with E-state index in [9.17, 15) is 4.79 Å². The first-order valence-corrected chi connectivity index (χ1v) is 9.26. The molecule has 2 aliphatic heterocycles. The first kappa shape index (κ1) is 16.7. The van der Waals surface area contributed by atoms with E-state index in [0.717, 1.165) is 34.8 Å². The topological polar surface area (TPSA) is 57.5 Å². The standard InChI is InChI=1S/C22H20N4O2/c1-25(2)22-23-19-14-6-4-5-7-15(14)21(27)18(20(19)24-22)13-8-9-16-17(12-13)28-11-10-26(16)3/h4-9,12H,10-11H2,1-3H3. The Hall–Kier alpha value is -3.41. The Bertz CT molecular complexity index is 1110. The van der Waals surface area contributed by atoms with E-state index >= 15 is 0 Å². The minimum Gasteiger partial charge on any atom is -0.490 e. The van der Waals surface area contributed by atoms with Gasteiger partial charge >= 0.3 is 0 Å². The molecule has 0 spiro atoms. The van der Waals surface area contributed by atoms with Crippen molar-refractivity contribution < 1.29 is 9.53 Å². The second-order valence-electron chi connectivity index (χ2n) is 7.32. The van der Waals surface area contributed by atoms with Gasteiger partial charge in [0.15, 0.2) is 5.78 Å². The molecule has 0 aromatic heterocycles. The van der Waals surface area contributed by atoms with Crippen molar-refractivity contribution in [1.29, 1.82) is 0 Å². The molecule has 2 aromatic carbocycles. The lowest BCUT2D eigenvalue weighted by Crippen LogP contribution is -2.28. The third-order valence-corrected chi connectivity index (χ3v) is 5.28. The molecule has 0 radical (unpaired) electrons. The zero-order valence-corrected chi connectivity index (χ0v) is 16.1. The largest absolute Gasteiger partial charge is 0.490 e. The Kier molecular flexibility index (Phi) is 3.62. The maximum Gasteiger partial charge on any atom is 0.226 e. The van der Waals surface area contributed by atoms with Gasteiger partial charge in [-0.15, -0.1) is 0 Å². The minimum atomic E-state index is -0.0302. The maximum atomic E-state index is 13.4. The molecule has 2 aromatic rings. The van der Waals surface area contributed by atoms with Gasteiger partial charge in [0.1, 0.15) is 23.8 Å². The molecule has 0 atom stereocenters. The Morgan fingerprint density at radius 3 is 2.64 bits per heavy atom. The molecule has 6 nitrogen and oxygen atoms in total. The molecule has 28 heavy (non-hydrogen) atoms. The molecule has 3 aliphatic rings. The Morgan fingerprint density at radius 2 is 1.86 bits per heavy atom. The van der Waals surface area contributed by atoms with Crippen molar-refractivity contribution in [3.8, 4) is 5.75 Å².